The van der Waals surface area contributed by atoms with Crippen LogP contribution >= 0.6 is 0 Å². The highest BCUT2D eigenvalue weighted by atomic mass is 32.2. The number of benzene rings is 1. The Morgan fingerprint density at radius 1 is 1.17 bits per heavy atom. The molecule has 1 unspecified atom stereocenters. The minimum absolute atomic E-state index is 0.0281. The minimum Gasteiger partial charge on any atom is -0.379 e. The lowest BCUT2D eigenvalue weighted by Gasteiger charge is -2.34. The van der Waals surface area contributed by atoms with Crippen molar-refractivity contribution in [3.8, 4) is 0 Å². The summed E-state index contributed by atoms with van der Waals surface area (Å²) in [7, 11) is -3.30. The van der Waals surface area contributed by atoms with E-state index in [0.29, 0.717) is 35.9 Å². The number of ether oxygens (including phenoxy) is 1. The van der Waals surface area contributed by atoms with E-state index in [-0.39, 0.29) is 5.75 Å². The van der Waals surface area contributed by atoms with Gasteiger partial charge in [-0.3, -0.25) is 9.89 Å². The molecule has 0 amide bonds. The van der Waals surface area contributed by atoms with Crippen LogP contribution in [0.25, 0.3) is 0 Å². The lowest BCUT2D eigenvalue weighted by atomic mass is 10.0. The van der Waals surface area contributed by atoms with Crippen molar-refractivity contribution in [2.75, 3.05) is 51.7 Å². The average molecular weight is 425 g/mol. The Labute approximate surface area is 175 Å². The van der Waals surface area contributed by atoms with E-state index in [1.165, 1.54) is 0 Å². The summed E-state index contributed by atoms with van der Waals surface area (Å²) in [4.78, 5) is 7.56. The van der Waals surface area contributed by atoms with Crippen LogP contribution in [0.2, 0.25) is 0 Å². The van der Waals surface area contributed by atoms with Crippen molar-refractivity contribution in [3.05, 3.63) is 30.3 Å². The number of aliphatic imine (C=N–C) groups is 1. The highest BCUT2D eigenvalue weighted by Crippen LogP contribution is 2.14. The minimum atomic E-state index is -3.30. The van der Waals surface area contributed by atoms with Gasteiger partial charge in [0, 0.05) is 32.2 Å². The molecule has 0 aromatic heterocycles. The summed E-state index contributed by atoms with van der Waals surface area (Å²) in [6, 6.07) is 8.93. The van der Waals surface area contributed by atoms with Crippen LogP contribution in [0, 0.1) is 5.92 Å². The summed E-state index contributed by atoms with van der Waals surface area (Å²) >= 11 is 0. The van der Waals surface area contributed by atoms with E-state index in [2.05, 4.69) is 29.4 Å². The molecule has 0 bridgehead atoms. The third kappa shape index (κ3) is 8.32. The van der Waals surface area contributed by atoms with Crippen LogP contribution in [0.1, 0.15) is 27.2 Å². The van der Waals surface area contributed by atoms with E-state index in [4.69, 9.17) is 9.73 Å². The molecule has 8 heteroatoms. The van der Waals surface area contributed by atoms with Crippen molar-refractivity contribution in [1.82, 2.24) is 15.5 Å². The van der Waals surface area contributed by atoms with Crippen LogP contribution in [-0.4, -0.2) is 77.0 Å². The number of nitrogens with one attached hydrogen (secondary N) is 2. The molecule has 0 spiro atoms. The molecule has 1 heterocycles. The third-order valence-corrected chi connectivity index (χ3v) is 6.61. The SMILES string of the molecule is CCNC(=NCC(CC(C)C)N1CCOCC1)NCCS(=O)(=O)c1ccccc1. The zero-order valence-corrected chi connectivity index (χ0v) is 18.7. The second-order valence-electron chi connectivity index (χ2n) is 7.71. The molecule has 1 atom stereocenters. The van der Waals surface area contributed by atoms with Crippen molar-refractivity contribution < 1.29 is 13.2 Å². The predicted molar refractivity (Wildman–Crippen MR) is 118 cm³/mol. The third-order valence-electron chi connectivity index (χ3n) is 4.88. The van der Waals surface area contributed by atoms with Gasteiger partial charge in [-0.2, -0.15) is 0 Å². The molecule has 0 radical (unpaired) electrons. The molecule has 1 fully saturated rings. The smallest absolute Gasteiger partial charge is 0.191 e. The van der Waals surface area contributed by atoms with E-state index < -0.39 is 9.84 Å². The summed E-state index contributed by atoms with van der Waals surface area (Å²) in [6.45, 7) is 11.6. The number of sulfone groups is 1. The van der Waals surface area contributed by atoms with Gasteiger partial charge < -0.3 is 15.4 Å². The quantitative estimate of drug-likeness (QED) is 0.440. The van der Waals surface area contributed by atoms with Gasteiger partial charge in [-0.25, -0.2) is 8.42 Å². The summed E-state index contributed by atoms with van der Waals surface area (Å²) < 4.78 is 30.4. The van der Waals surface area contributed by atoms with Crippen molar-refractivity contribution in [2.24, 2.45) is 10.9 Å². The molecule has 2 N–H and O–H groups in total. The van der Waals surface area contributed by atoms with Crippen LogP contribution in [-0.2, 0) is 14.6 Å². The first-order chi connectivity index (χ1) is 13.9. The second kappa shape index (κ2) is 12.1. The van der Waals surface area contributed by atoms with Crippen LogP contribution in [0.5, 0.6) is 0 Å². The van der Waals surface area contributed by atoms with Crippen LogP contribution in [0.3, 0.4) is 0 Å². The Morgan fingerprint density at radius 2 is 1.86 bits per heavy atom. The van der Waals surface area contributed by atoms with Gasteiger partial charge in [0.2, 0.25) is 0 Å². The molecule has 164 valence electrons. The van der Waals surface area contributed by atoms with Gasteiger partial charge in [0.05, 0.1) is 30.4 Å². The maximum Gasteiger partial charge on any atom is 0.191 e. The zero-order valence-electron chi connectivity index (χ0n) is 17.9. The predicted octanol–water partition coefficient (Wildman–Crippen LogP) is 1.76. The Morgan fingerprint density at radius 3 is 2.48 bits per heavy atom. The highest BCUT2D eigenvalue weighted by molar-refractivity contribution is 7.91. The molecule has 1 saturated heterocycles. The number of hydrogen-bond acceptors (Lipinski definition) is 5. The molecule has 1 aliphatic heterocycles. The van der Waals surface area contributed by atoms with Gasteiger partial charge >= 0.3 is 0 Å². The summed E-state index contributed by atoms with van der Waals surface area (Å²) in [5, 5.41) is 6.40. The number of hydrogen-bond donors (Lipinski definition) is 2. The molecule has 1 aliphatic rings. The molecule has 2 rings (SSSR count). The second-order valence-corrected chi connectivity index (χ2v) is 9.82. The molecule has 7 nitrogen and oxygen atoms in total. The van der Waals surface area contributed by atoms with Crippen molar-refractivity contribution in [3.63, 3.8) is 0 Å². The van der Waals surface area contributed by atoms with E-state index in [1.807, 2.05) is 13.0 Å². The van der Waals surface area contributed by atoms with Gasteiger partial charge in [-0.05, 0) is 31.4 Å². The first-order valence-corrected chi connectivity index (χ1v) is 12.2. The Balaban J connectivity index is 1.94. The Bertz CT molecular complexity index is 717. The van der Waals surface area contributed by atoms with Gasteiger partial charge in [0.25, 0.3) is 0 Å². The van der Waals surface area contributed by atoms with Crippen molar-refractivity contribution in [1.29, 1.82) is 0 Å². The zero-order chi connectivity index (χ0) is 21.1. The van der Waals surface area contributed by atoms with E-state index >= 15 is 0 Å². The summed E-state index contributed by atoms with van der Waals surface area (Å²) in [5.41, 5.74) is 0. The molecule has 1 aromatic carbocycles. The van der Waals surface area contributed by atoms with Crippen molar-refractivity contribution in [2.45, 2.75) is 38.1 Å². The first kappa shape index (κ1) is 23.6. The average Bonchev–Trinajstić information content (AvgIpc) is 2.72. The topological polar surface area (TPSA) is 83.0 Å². The molecule has 0 saturated carbocycles. The maximum atomic E-state index is 12.4. The van der Waals surface area contributed by atoms with Gasteiger partial charge in [-0.1, -0.05) is 32.0 Å². The normalized spacial score (nSPS) is 17.3. The maximum absolute atomic E-state index is 12.4. The van der Waals surface area contributed by atoms with Crippen LogP contribution in [0.4, 0.5) is 0 Å². The molecule has 1 aromatic rings. The molecule has 29 heavy (non-hydrogen) atoms. The summed E-state index contributed by atoms with van der Waals surface area (Å²) in [5.74, 6) is 1.28. The Kier molecular flexibility index (Phi) is 9.90. The number of rotatable bonds is 10. The monoisotopic (exact) mass is 424 g/mol. The van der Waals surface area contributed by atoms with Gasteiger partial charge in [0.15, 0.2) is 15.8 Å². The fraction of sp³-hybridized carbons (Fsp3) is 0.667. The van der Waals surface area contributed by atoms with E-state index in [9.17, 15) is 8.42 Å². The number of guanidine groups is 1. The fourth-order valence-electron chi connectivity index (χ4n) is 3.41. The number of morpholine rings is 1. The van der Waals surface area contributed by atoms with Crippen LogP contribution in [0.15, 0.2) is 40.2 Å². The lowest BCUT2D eigenvalue weighted by Crippen LogP contribution is -2.46. The standard InChI is InChI=1S/C21H36N4O3S/c1-4-22-21(23-10-15-29(26,27)20-8-6-5-7-9-20)24-17-19(16-18(2)3)25-11-13-28-14-12-25/h5-9,18-19H,4,10-17H2,1-3H3,(H2,22,23,24). The summed E-state index contributed by atoms with van der Waals surface area (Å²) in [6.07, 6.45) is 1.07. The first-order valence-electron chi connectivity index (χ1n) is 10.5. The number of nitrogens with zero attached hydrogens (tertiary/aromatic N) is 2. The van der Waals surface area contributed by atoms with Gasteiger partial charge in [0.1, 0.15) is 0 Å². The molecule has 0 aliphatic carbocycles. The largest absolute Gasteiger partial charge is 0.379 e. The fourth-order valence-corrected chi connectivity index (χ4v) is 4.59. The Hall–Kier alpha value is -1.64. The lowest BCUT2D eigenvalue weighted by molar-refractivity contribution is 0.0143. The van der Waals surface area contributed by atoms with E-state index in [1.54, 1.807) is 24.3 Å². The van der Waals surface area contributed by atoms with Gasteiger partial charge in [-0.15, -0.1) is 0 Å². The highest BCUT2D eigenvalue weighted by Gasteiger charge is 2.22. The van der Waals surface area contributed by atoms with Crippen molar-refractivity contribution >= 4 is 15.8 Å². The van der Waals surface area contributed by atoms with E-state index in [0.717, 1.165) is 39.3 Å². The van der Waals surface area contributed by atoms with Crippen LogP contribution < -0.4 is 10.6 Å². The molecular weight excluding hydrogens is 388 g/mol. The molecular formula is C21H36N4O3S.